The molecule has 3 nitrogen and oxygen atoms in total. The molecule has 1 atom stereocenters. The molecule has 1 N–H and O–H groups in total. The number of nitrogens with one attached hydrogen (secondary N) is 1. The SMILES string of the molecule is CCOc1ccc(C(CC(=O)c2ccc(C)cc2)Nc2ccc(Cl)cc2)cc1. The van der Waals surface area contributed by atoms with Gasteiger partial charge in [0.05, 0.1) is 12.6 Å². The van der Waals surface area contributed by atoms with Crippen molar-refractivity contribution in [3.05, 3.63) is 94.5 Å². The van der Waals surface area contributed by atoms with Crippen molar-refractivity contribution >= 4 is 23.1 Å². The van der Waals surface area contributed by atoms with Gasteiger partial charge in [-0.2, -0.15) is 0 Å². The number of rotatable bonds is 8. The third-order valence-corrected chi connectivity index (χ3v) is 4.79. The highest BCUT2D eigenvalue weighted by atomic mass is 35.5. The summed E-state index contributed by atoms with van der Waals surface area (Å²) in [4.78, 5) is 12.9. The second-order valence-electron chi connectivity index (χ2n) is 6.70. The summed E-state index contributed by atoms with van der Waals surface area (Å²) in [5.74, 6) is 0.918. The van der Waals surface area contributed by atoms with Crippen molar-refractivity contribution in [2.24, 2.45) is 0 Å². The highest BCUT2D eigenvalue weighted by Crippen LogP contribution is 2.27. The van der Waals surface area contributed by atoms with Gasteiger partial charge in [0.1, 0.15) is 5.75 Å². The van der Waals surface area contributed by atoms with E-state index in [1.165, 1.54) is 0 Å². The third-order valence-electron chi connectivity index (χ3n) is 4.54. The molecule has 0 saturated heterocycles. The van der Waals surface area contributed by atoms with Crippen LogP contribution in [0.4, 0.5) is 5.69 Å². The van der Waals surface area contributed by atoms with E-state index in [9.17, 15) is 4.79 Å². The molecule has 0 aliphatic heterocycles. The standard InChI is InChI=1S/C24H24ClNO2/c1-3-28-22-14-8-18(9-15-22)23(26-21-12-10-20(25)11-13-21)16-24(27)19-6-4-17(2)5-7-19/h4-15,23,26H,3,16H2,1-2H3. The Bertz CT molecular complexity index is 903. The molecule has 0 fully saturated rings. The molecule has 3 aromatic rings. The molecule has 4 heteroatoms. The van der Waals surface area contributed by atoms with Crippen LogP contribution in [-0.4, -0.2) is 12.4 Å². The number of carbonyl (C=O) groups excluding carboxylic acids is 1. The molecular weight excluding hydrogens is 370 g/mol. The third kappa shape index (κ3) is 5.37. The predicted molar refractivity (Wildman–Crippen MR) is 116 cm³/mol. The lowest BCUT2D eigenvalue weighted by Gasteiger charge is -2.20. The van der Waals surface area contributed by atoms with Gasteiger partial charge in [0, 0.05) is 22.7 Å². The Morgan fingerprint density at radius 3 is 2.21 bits per heavy atom. The van der Waals surface area contributed by atoms with Crippen LogP contribution >= 0.6 is 11.6 Å². The molecule has 0 heterocycles. The summed E-state index contributed by atoms with van der Waals surface area (Å²) in [5, 5.41) is 4.15. The molecular formula is C24H24ClNO2. The first-order valence-electron chi connectivity index (χ1n) is 9.40. The van der Waals surface area contributed by atoms with Gasteiger partial charge in [-0.25, -0.2) is 0 Å². The normalized spacial score (nSPS) is 11.7. The van der Waals surface area contributed by atoms with Crippen molar-refractivity contribution in [3.63, 3.8) is 0 Å². The molecule has 3 rings (SSSR count). The van der Waals surface area contributed by atoms with Gasteiger partial charge in [0.25, 0.3) is 0 Å². The Balaban J connectivity index is 1.83. The zero-order valence-corrected chi connectivity index (χ0v) is 16.9. The monoisotopic (exact) mass is 393 g/mol. The number of halogens is 1. The minimum atomic E-state index is -0.161. The quantitative estimate of drug-likeness (QED) is 0.445. The number of hydrogen-bond acceptors (Lipinski definition) is 3. The van der Waals surface area contributed by atoms with Crippen LogP contribution in [-0.2, 0) is 0 Å². The summed E-state index contributed by atoms with van der Waals surface area (Å²) in [6.45, 7) is 4.59. The van der Waals surface area contributed by atoms with Gasteiger partial charge < -0.3 is 10.1 Å². The van der Waals surface area contributed by atoms with E-state index in [1.807, 2.05) is 86.6 Å². The Labute approximate surface area is 171 Å². The molecule has 144 valence electrons. The van der Waals surface area contributed by atoms with Gasteiger partial charge in [-0.15, -0.1) is 0 Å². The highest BCUT2D eigenvalue weighted by Gasteiger charge is 2.18. The van der Waals surface area contributed by atoms with Crippen molar-refractivity contribution in [1.29, 1.82) is 0 Å². The predicted octanol–water partition coefficient (Wildman–Crippen LogP) is 6.47. The fourth-order valence-electron chi connectivity index (χ4n) is 3.01. The van der Waals surface area contributed by atoms with E-state index < -0.39 is 0 Å². The number of Topliss-reactive ketones (excluding diaryl/α,β-unsaturated/α-hetero) is 1. The van der Waals surface area contributed by atoms with E-state index in [2.05, 4.69) is 5.32 Å². The van der Waals surface area contributed by atoms with E-state index in [1.54, 1.807) is 0 Å². The Kier molecular flexibility index (Phi) is 6.72. The molecule has 3 aromatic carbocycles. The summed E-state index contributed by atoms with van der Waals surface area (Å²) < 4.78 is 5.53. The molecule has 28 heavy (non-hydrogen) atoms. The number of anilines is 1. The van der Waals surface area contributed by atoms with Gasteiger partial charge in [-0.3, -0.25) is 4.79 Å². The average molecular weight is 394 g/mol. The van der Waals surface area contributed by atoms with E-state index in [0.717, 1.165) is 28.1 Å². The van der Waals surface area contributed by atoms with Crippen LogP contribution in [0.15, 0.2) is 72.8 Å². The van der Waals surface area contributed by atoms with Crippen LogP contribution < -0.4 is 10.1 Å². The van der Waals surface area contributed by atoms with Crippen molar-refractivity contribution in [3.8, 4) is 5.75 Å². The lowest BCUT2D eigenvalue weighted by atomic mass is 9.97. The van der Waals surface area contributed by atoms with Crippen molar-refractivity contribution in [1.82, 2.24) is 0 Å². The number of aryl methyl sites for hydroxylation is 1. The minimum absolute atomic E-state index is 0.0975. The van der Waals surface area contributed by atoms with Crippen molar-refractivity contribution in [2.75, 3.05) is 11.9 Å². The minimum Gasteiger partial charge on any atom is -0.494 e. The first-order valence-corrected chi connectivity index (χ1v) is 9.77. The van der Waals surface area contributed by atoms with Crippen LogP contribution in [0.25, 0.3) is 0 Å². The molecule has 0 saturated carbocycles. The summed E-state index contributed by atoms with van der Waals surface area (Å²) in [5.41, 5.74) is 3.80. The van der Waals surface area contributed by atoms with Crippen LogP contribution in [0.2, 0.25) is 5.02 Å². The fraction of sp³-hybridized carbons (Fsp3) is 0.208. The second-order valence-corrected chi connectivity index (χ2v) is 7.14. The van der Waals surface area contributed by atoms with Crippen molar-refractivity contribution < 1.29 is 9.53 Å². The van der Waals surface area contributed by atoms with Crippen LogP contribution in [0.3, 0.4) is 0 Å². The Hall–Kier alpha value is -2.78. The van der Waals surface area contributed by atoms with Crippen LogP contribution in [0.1, 0.15) is 40.9 Å². The summed E-state index contributed by atoms with van der Waals surface area (Å²) in [6.07, 6.45) is 0.347. The molecule has 1 unspecified atom stereocenters. The molecule has 0 bridgehead atoms. The molecule has 0 spiro atoms. The Morgan fingerprint density at radius 1 is 0.964 bits per heavy atom. The van der Waals surface area contributed by atoms with Gasteiger partial charge >= 0.3 is 0 Å². The highest BCUT2D eigenvalue weighted by molar-refractivity contribution is 6.30. The zero-order chi connectivity index (χ0) is 19.9. The Morgan fingerprint density at radius 2 is 1.61 bits per heavy atom. The van der Waals surface area contributed by atoms with Gasteiger partial charge in [-0.05, 0) is 55.8 Å². The maximum Gasteiger partial charge on any atom is 0.165 e. The van der Waals surface area contributed by atoms with E-state index >= 15 is 0 Å². The largest absolute Gasteiger partial charge is 0.494 e. The topological polar surface area (TPSA) is 38.3 Å². The first-order chi connectivity index (χ1) is 13.5. The van der Waals surface area contributed by atoms with E-state index in [0.29, 0.717) is 18.1 Å². The number of ketones is 1. The van der Waals surface area contributed by atoms with Gasteiger partial charge in [0.15, 0.2) is 5.78 Å². The molecule has 0 aliphatic rings. The van der Waals surface area contributed by atoms with E-state index in [4.69, 9.17) is 16.3 Å². The number of ether oxygens (including phenoxy) is 1. The lowest BCUT2D eigenvalue weighted by Crippen LogP contribution is -2.16. The summed E-state index contributed by atoms with van der Waals surface area (Å²) >= 11 is 5.99. The van der Waals surface area contributed by atoms with Gasteiger partial charge in [0.2, 0.25) is 0 Å². The molecule has 0 radical (unpaired) electrons. The molecule has 0 aliphatic carbocycles. The van der Waals surface area contributed by atoms with Crippen LogP contribution in [0.5, 0.6) is 5.75 Å². The second kappa shape index (κ2) is 9.43. The van der Waals surface area contributed by atoms with Crippen LogP contribution in [0, 0.1) is 6.92 Å². The fourth-order valence-corrected chi connectivity index (χ4v) is 3.13. The lowest BCUT2D eigenvalue weighted by molar-refractivity contribution is 0.0976. The summed E-state index contributed by atoms with van der Waals surface area (Å²) in [6, 6.07) is 22.9. The zero-order valence-electron chi connectivity index (χ0n) is 16.1. The average Bonchev–Trinajstić information content (AvgIpc) is 2.70. The smallest absolute Gasteiger partial charge is 0.165 e. The van der Waals surface area contributed by atoms with E-state index in [-0.39, 0.29) is 11.8 Å². The summed E-state index contributed by atoms with van der Waals surface area (Å²) in [7, 11) is 0. The number of hydrogen-bond donors (Lipinski definition) is 1. The first kappa shape index (κ1) is 20.0. The number of benzene rings is 3. The maximum absolute atomic E-state index is 12.9. The van der Waals surface area contributed by atoms with Crippen molar-refractivity contribution in [2.45, 2.75) is 26.3 Å². The number of carbonyl (C=O) groups is 1. The molecule has 0 amide bonds. The van der Waals surface area contributed by atoms with Gasteiger partial charge in [-0.1, -0.05) is 53.6 Å². The molecule has 0 aromatic heterocycles. The maximum atomic E-state index is 12.9.